The minimum absolute atomic E-state index is 0.150. The van der Waals surface area contributed by atoms with Crippen LogP contribution in [0.3, 0.4) is 0 Å². The maximum absolute atomic E-state index is 13.2. The number of hydrogen-bond donors (Lipinski definition) is 2. The van der Waals surface area contributed by atoms with Crippen molar-refractivity contribution in [1.29, 1.82) is 0 Å². The highest BCUT2D eigenvalue weighted by molar-refractivity contribution is 7.89. The maximum Gasteiger partial charge on any atom is 0.323 e. The molecule has 0 atom stereocenters. The Hall–Kier alpha value is -2.80. The third-order valence-electron chi connectivity index (χ3n) is 7.16. The number of fused-ring (bicyclic) bond motifs is 1. The van der Waals surface area contributed by atoms with Crippen molar-refractivity contribution in [2.45, 2.75) is 44.6 Å². The van der Waals surface area contributed by atoms with E-state index in [1.54, 1.807) is 14.1 Å². The van der Waals surface area contributed by atoms with E-state index >= 15 is 0 Å². The van der Waals surface area contributed by atoms with Crippen LogP contribution in [0.5, 0.6) is 0 Å². The molecule has 0 bridgehead atoms. The van der Waals surface area contributed by atoms with Crippen LogP contribution >= 0.6 is 11.3 Å². The molecule has 10 nitrogen and oxygen atoms in total. The first-order valence-corrected chi connectivity index (χ1v) is 15.1. The molecule has 1 aromatic heterocycles. The molecule has 0 radical (unpaired) electrons. The number of rotatable bonds is 6. The molecule has 2 N–H and O–H groups in total. The molecule has 1 aromatic carbocycles. The number of thiophene rings is 1. The second-order valence-electron chi connectivity index (χ2n) is 10.0. The lowest BCUT2D eigenvalue weighted by Crippen LogP contribution is -2.39. The molecule has 38 heavy (non-hydrogen) atoms. The Morgan fingerprint density at radius 3 is 2.32 bits per heavy atom. The first-order valence-electron chi connectivity index (χ1n) is 12.8. The van der Waals surface area contributed by atoms with Crippen LogP contribution in [0.1, 0.15) is 57.8 Å². The third kappa shape index (κ3) is 5.93. The summed E-state index contributed by atoms with van der Waals surface area (Å²) in [6, 6.07) is 5.32. The number of amides is 4. The van der Waals surface area contributed by atoms with Crippen molar-refractivity contribution in [3.8, 4) is 0 Å². The molecular weight excluding hydrogens is 526 g/mol. The van der Waals surface area contributed by atoms with E-state index in [1.165, 1.54) is 44.8 Å². The van der Waals surface area contributed by atoms with Gasteiger partial charge >= 0.3 is 6.03 Å². The van der Waals surface area contributed by atoms with Crippen molar-refractivity contribution in [2.24, 2.45) is 5.92 Å². The maximum atomic E-state index is 13.2. The molecular formula is C26H35N5O5S2. The number of carbonyl (C=O) groups excluding carboxylic acids is 3. The van der Waals surface area contributed by atoms with Gasteiger partial charge in [0.15, 0.2) is 0 Å². The standard InChI is InChI=1S/C26H35N5O5S2/c1-5-30-13-12-20-21(16-30)37-25(22(20)24(33)28-26(34)29(3)4)27-23(32)18-6-8-19(9-7-18)38(35,36)31-14-10-17(2)11-15-31/h6-9,17H,5,10-16H2,1-4H3,(H,27,32)(H,28,33,34). The summed E-state index contributed by atoms with van der Waals surface area (Å²) < 4.78 is 27.6. The van der Waals surface area contributed by atoms with Gasteiger partial charge in [-0.05, 0) is 61.6 Å². The summed E-state index contributed by atoms with van der Waals surface area (Å²) in [4.78, 5) is 43.1. The van der Waals surface area contributed by atoms with Gasteiger partial charge in [-0.1, -0.05) is 13.8 Å². The largest absolute Gasteiger partial charge is 0.331 e. The molecule has 2 aliphatic rings. The van der Waals surface area contributed by atoms with E-state index in [4.69, 9.17) is 0 Å². The summed E-state index contributed by atoms with van der Waals surface area (Å²) in [5, 5.41) is 5.61. The molecule has 206 valence electrons. The number of urea groups is 1. The van der Waals surface area contributed by atoms with Crippen molar-refractivity contribution in [2.75, 3.05) is 45.6 Å². The van der Waals surface area contributed by atoms with Crippen LogP contribution in [0.15, 0.2) is 29.2 Å². The topological polar surface area (TPSA) is 119 Å². The highest BCUT2D eigenvalue weighted by atomic mass is 32.2. The van der Waals surface area contributed by atoms with E-state index in [0.717, 1.165) is 36.4 Å². The molecule has 1 saturated heterocycles. The number of sulfonamides is 1. The minimum atomic E-state index is -3.62. The number of piperidine rings is 1. The molecule has 4 rings (SSSR count). The molecule has 2 aromatic rings. The van der Waals surface area contributed by atoms with Crippen molar-refractivity contribution in [1.82, 2.24) is 19.4 Å². The molecule has 0 unspecified atom stereocenters. The van der Waals surface area contributed by atoms with Gasteiger partial charge in [0, 0.05) is 50.7 Å². The fourth-order valence-corrected chi connectivity index (χ4v) is 7.41. The van der Waals surface area contributed by atoms with E-state index in [1.807, 2.05) is 0 Å². The van der Waals surface area contributed by atoms with Gasteiger partial charge in [-0.25, -0.2) is 13.2 Å². The van der Waals surface area contributed by atoms with Crippen molar-refractivity contribution in [3.05, 3.63) is 45.8 Å². The minimum Gasteiger partial charge on any atom is -0.331 e. The van der Waals surface area contributed by atoms with E-state index in [2.05, 4.69) is 29.4 Å². The SMILES string of the molecule is CCN1CCc2c(sc(NC(=O)c3ccc(S(=O)(=O)N4CCC(C)CC4)cc3)c2C(=O)NC(=O)N(C)C)C1. The van der Waals surface area contributed by atoms with Gasteiger partial charge in [-0.3, -0.25) is 19.8 Å². The summed E-state index contributed by atoms with van der Waals surface area (Å²) in [6.45, 7) is 7.48. The zero-order chi connectivity index (χ0) is 27.6. The van der Waals surface area contributed by atoms with Crippen molar-refractivity contribution >= 4 is 44.2 Å². The second kappa shape index (κ2) is 11.5. The number of carbonyl (C=O) groups is 3. The van der Waals surface area contributed by atoms with Crippen LogP contribution in [-0.4, -0.2) is 80.6 Å². The van der Waals surface area contributed by atoms with Crippen LogP contribution < -0.4 is 10.6 Å². The first kappa shape index (κ1) is 28.2. The van der Waals surface area contributed by atoms with Gasteiger partial charge in [0.2, 0.25) is 10.0 Å². The molecule has 12 heteroatoms. The van der Waals surface area contributed by atoms with Gasteiger partial charge in [-0.2, -0.15) is 4.31 Å². The average Bonchev–Trinajstić information content (AvgIpc) is 3.25. The lowest BCUT2D eigenvalue weighted by atomic mass is 10.0. The van der Waals surface area contributed by atoms with Crippen LogP contribution in [0.4, 0.5) is 9.80 Å². The number of anilines is 1. The Balaban J connectivity index is 1.56. The number of benzene rings is 1. The second-order valence-corrected chi connectivity index (χ2v) is 13.1. The lowest BCUT2D eigenvalue weighted by molar-refractivity contribution is 0.0956. The molecule has 1 fully saturated rings. The average molecular weight is 562 g/mol. The first-order chi connectivity index (χ1) is 18.0. The van der Waals surface area contributed by atoms with Crippen LogP contribution in [0, 0.1) is 5.92 Å². The zero-order valence-corrected chi connectivity index (χ0v) is 23.9. The summed E-state index contributed by atoms with van der Waals surface area (Å²) >= 11 is 1.33. The Labute approximate surface area is 228 Å². The highest BCUT2D eigenvalue weighted by Crippen LogP contribution is 2.37. The van der Waals surface area contributed by atoms with Crippen molar-refractivity contribution in [3.63, 3.8) is 0 Å². The number of hydrogen-bond acceptors (Lipinski definition) is 7. The predicted octanol–water partition coefficient (Wildman–Crippen LogP) is 3.21. The molecule has 0 spiro atoms. The van der Waals surface area contributed by atoms with Crippen molar-refractivity contribution < 1.29 is 22.8 Å². The summed E-state index contributed by atoms with van der Waals surface area (Å²) in [5.41, 5.74) is 1.42. The van der Waals surface area contributed by atoms with E-state index in [-0.39, 0.29) is 10.5 Å². The van der Waals surface area contributed by atoms with E-state index in [9.17, 15) is 22.8 Å². The van der Waals surface area contributed by atoms with Crippen LogP contribution in [0.25, 0.3) is 0 Å². The smallest absolute Gasteiger partial charge is 0.323 e. The highest BCUT2D eigenvalue weighted by Gasteiger charge is 2.30. The number of nitrogens with one attached hydrogen (secondary N) is 2. The van der Waals surface area contributed by atoms with Gasteiger partial charge in [-0.15, -0.1) is 11.3 Å². The lowest BCUT2D eigenvalue weighted by Gasteiger charge is -2.29. The number of nitrogens with zero attached hydrogens (tertiary/aromatic N) is 3. The Kier molecular flexibility index (Phi) is 8.55. The monoisotopic (exact) mass is 561 g/mol. The fourth-order valence-electron chi connectivity index (χ4n) is 4.65. The van der Waals surface area contributed by atoms with Gasteiger partial charge in [0.25, 0.3) is 11.8 Å². The summed E-state index contributed by atoms with van der Waals surface area (Å²) in [7, 11) is -0.533. The quantitative estimate of drug-likeness (QED) is 0.559. The molecule has 2 aliphatic heterocycles. The number of imide groups is 1. The van der Waals surface area contributed by atoms with Crippen LogP contribution in [-0.2, 0) is 23.0 Å². The van der Waals surface area contributed by atoms with E-state index in [0.29, 0.717) is 42.5 Å². The zero-order valence-electron chi connectivity index (χ0n) is 22.2. The normalized spacial score (nSPS) is 17.1. The third-order valence-corrected chi connectivity index (χ3v) is 10.2. The Morgan fingerprint density at radius 1 is 1.05 bits per heavy atom. The van der Waals surface area contributed by atoms with Gasteiger partial charge < -0.3 is 10.2 Å². The number of likely N-dealkylation sites (N-methyl/N-ethyl adjacent to an activating group) is 1. The predicted molar refractivity (Wildman–Crippen MR) is 147 cm³/mol. The van der Waals surface area contributed by atoms with Gasteiger partial charge in [0.1, 0.15) is 5.00 Å². The van der Waals surface area contributed by atoms with E-state index < -0.39 is 27.9 Å². The van der Waals surface area contributed by atoms with Crippen LogP contribution in [0.2, 0.25) is 0 Å². The fraction of sp³-hybridized carbons (Fsp3) is 0.500. The van der Waals surface area contributed by atoms with Gasteiger partial charge in [0.05, 0.1) is 10.5 Å². The molecule has 4 amide bonds. The summed E-state index contributed by atoms with van der Waals surface area (Å²) in [5.74, 6) is -0.508. The summed E-state index contributed by atoms with van der Waals surface area (Å²) in [6.07, 6.45) is 2.30. The Morgan fingerprint density at radius 2 is 1.71 bits per heavy atom. The molecule has 0 aliphatic carbocycles. The molecule has 3 heterocycles. The Bertz CT molecular complexity index is 1310. The molecule has 0 saturated carbocycles.